The molecule has 1 aromatic rings. The van der Waals surface area contributed by atoms with Crippen LogP contribution in [0.1, 0.15) is 25.5 Å². The van der Waals surface area contributed by atoms with Gasteiger partial charge in [-0.2, -0.15) is 0 Å². The van der Waals surface area contributed by atoms with Crippen molar-refractivity contribution in [2.24, 2.45) is 0 Å². The minimum Gasteiger partial charge on any atom is -0.392 e. The van der Waals surface area contributed by atoms with E-state index in [1.807, 2.05) is 0 Å². The van der Waals surface area contributed by atoms with Crippen molar-refractivity contribution in [1.29, 1.82) is 0 Å². The molecular weight excluding hydrogens is 219 g/mol. The molecule has 90 valence electrons. The molecule has 1 aromatic carbocycles. The predicted octanol–water partition coefficient (Wildman–Crippen LogP) is 2.14. The Kier molecular flexibility index (Phi) is 4.32. The van der Waals surface area contributed by atoms with Gasteiger partial charge in [0.1, 0.15) is 0 Å². The largest absolute Gasteiger partial charge is 0.392 e. The molecule has 0 aromatic heterocycles. The molecule has 0 radical (unpaired) electrons. The van der Waals surface area contributed by atoms with Crippen LogP contribution in [0.25, 0.3) is 0 Å². The van der Waals surface area contributed by atoms with Crippen LogP contribution >= 0.6 is 0 Å². The number of aliphatic hydroxyl groups excluding tert-OH is 1. The van der Waals surface area contributed by atoms with Gasteiger partial charge in [-0.15, -0.1) is 0 Å². The molecule has 0 aliphatic heterocycles. The quantitative estimate of drug-likeness (QED) is 0.781. The van der Waals surface area contributed by atoms with E-state index in [2.05, 4.69) is 5.32 Å². The van der Waals surface area contributed by atoms with Gasteiger partial charge in [-0.05, 0) is 31.5 Å². The second-order valence-electron chi connectivity index (χ2n) is 3.78. The van der Waals surface area contributed by atoms with Crippen molar-refractivity contribution in [1.82, 2.24) is 5.32 Å². The molecule has 1 unspecified atom stereocenters. The molecule has 16 heavy (non-hydrogen) atoms. The molecule has 1 rings (SSSR count). The maximum atomic E-state index is 12.9. The molecule has 0 saturated carbocycles. The summed E-state index contributed by atoms with van der Waals surface area (Å²) in [6.45, 7) is 3.56. The van der Waals surface area contributed by atoms with Gasteiger partial charge in [0.25, 0.3) is 0 Å². The highest BCUT2D eigenvalue weighted by molar-refractivity contribution is 5.22. The third kappa shape index (κ3) is 3.21. The van der Waals surface area contributed by atoms with Gasteiger partial charge in [0.2, 0.25) is 0 Å². The van der Waals surface area contributed by atoms with E-state index < -0.39 is 23.6 Å². The molecule has 2 atom stereocenters. The normalized spacial score (nSPS) is 14.9. The summed E-state index contributed by atoms with van der Waals surface area (Å²) < 4.78 is 38.5. The number of halogens is 3. The van der Waals surface area contributed by atoms with Gasteiger partial charge in [-0.25, -0.2) is 13.2 Å². The summed E-state index contributed by atoms with van der Waals surface area (Å²) in [6, 6.07) is 1.52. The van der Waals surface area contributed by atoms with Crippen molar-refractivity contribution in [2.45, 2.75) is 26.0 Å². The molecule has 0 aliphatic rings. The van der Waals surface area contributed by atoms with E-state index in [-0.39, 0.29) is 6.04 Å². The summed E-state index contributed by atoms with van der Waals surface area (Å²) in [7, 11) is 0. The number of nitrogens with one attached hydrogen (secondary N) is 1. The molecule has 0 saturated heterocycles. The average Bonchev–Trinajstić information content (AvgIpc) is 2.21. The zero-order chi connectivity index (χ0) is 12.3. The van der Waals surface area contributed by atoms with Gasteiger partial charge in [0.15, 0.2) is 17.5 Å². The van der Waals surface area contributed by atoms with Crippen LogP contribution in [0.5, 0.6) is 0 Å². The SMILES string of the molecule is CC(NC[C@H](C)O)c1cc(F)c(F)c(F)c1. The summed E-state index contributed by atoms with van der Waals surface area (Å²) in [5, 5.41) is 11.9. The Morgan fingerprint density at radius 2 is 1.69 bits per heavy atom. The van der Waals surface area contributed by atoms with E-state index in [0.29, 0.717) is 12.1 Å². The molecule has 5 heteroatoms. The molecule has 0 heterocycles. The van der Waals surface area contributed by atoms with Crippen LogP contribution in [-0.4, -0.2) is 17.8 Å². The van der Waals surface area contributed by atoms with Crippen molar-refractivity contribution >= 4 is 0 Å². The highest BCUT2D eigenvalue weighted by Crippen LogP contribution is 2.18. The first-order valence-corrected chi connectivity index (χ1v) is 4.97. The zero-order valence-corrected chi connectivity index (χ0v) is 9.10. The van der Waals surface area contributed by atoms with Gasteiger partial charge >= 0.3 is 0 Å². The van der Waals surface area contributed by atoms with Gasteiger partial charge in [0, 0.05) is 12.6 Å². The number of hydrogen-bond donors (Lipinski definition) is 2. The Morgan fingerprint density at radius 1 is 1.19 bits per heavy atom. The molecule has 0 amide bonds. The van der Waals surface area contributed by atoms with Crippen LogP contribution in [0, 0.1) is 17.5 Å². The van der Waals surface area contributed by atoms with Crippen molar-refractivity contribution in [3.05, 3.63) is 35.1 Å². The standard InChI is InChI=1S/C11H14F3NO/c1-6(16)5-15-7(2)8-3-9(12)11(14)10(13)4-8/h3-4,6-7,15-16H,5H2,1-2H3/t6-,7?/m0/s1. The van der Waals surface area contributed by atoms with Crippen LogP contribution in [0.2, 0.25) is 0 Å². The van der Waals surface area contributed by atoms with Crippen LogP contribution in [-0.2, 0) is 0 Å². The maximum absolute atomic E-state index is 12.9. The predicted molar refractivity (Wildman–Crippen MR) is 54.4 cm³/mol. The monoisotopic (exact) mass is 233 g/mol. The first kappa shape index (κ1) is 13.0. The molecule has 0 aliphatic carbocycles. The first-order valence-electron chi connectivity index (χ1n) is 4.97. The molecule has 0 bridgehead atoms. The smallest absolute Gasteiger partial charge is 0.194 e. The summed E-state index contributed by atoms with van der Waals surface area (Å²) in [5.41, 5.74) is 0.303. The summed E-state index contributed by atoms with van der Waals surface area (Å²) in [5.74, 6) is -3.88. The molecule has 2 N–H and O–H groups in total. The van der Waals surface area contributed by atoms with Gasteiger partial charge in [0.05, 0.1) is 6.10 Å². The van der Waals surface area contributed by atoms with Gasteiger partial charge < -0.3 is 10.4 Å². The Labute approximate surface area is 92.1 Å². The van der Waals surface area contributed by atoms with Crippen molar-refractivity contribution < 1.29 is 18.3 Å². The number of benzene rings is 1. The molecule has 0 spiro atoms. The Morgan fingerprint density at radius 3 is 2.12 bits per heavy atom. The summed E-state index contributed by atoms with van der Waals surface area (Å²) in [6.07, 6.45) is -0.558. The minimum absolute atomic E-state index is 0.293. The lowest BCUT2D eigenvalue weighted by molar-refractivity contribution is 0.187. The minimum atomic E-state index is -1.47. The van der Waals surface area contributed by atoms with E-state index >= 15 is 0 Å². The van der Waals surface area contributed by atoms with Crippen LogP contribution in [0.4, 0.5) is 13.2 Å². The topological polar surface area (TPSA) is 32.3 Å². The third-order valence-corrected chi connectivity index (χ3v) is 2.23. The van der Waals surface area contributed by atoms with Crippen molar-refractivity contribution in [2.75, 3.05) is 6.54 Å². The van der Waals surface area contributed by atoms with Gasteiger partial charge in [-0.3, -0.25) is 0 Å². The highest BCUT2D eigenvalue weighted by Gasteiger charge is 2.14. The molecule has 2 nitrogen and oxygen atoms in total. The lowest BCUT2D eigenvalue weighted by Gasteiger charge is -2.15. The van der Waals surface area contributed by atoms with Crippen LogP contribution in [0.15, 0.2) is 12.1 Å². The summed E-state index contributed by atoms with van der Waals surface area (Å²) >= 11 is 0. The van der Waals surface area contributed by atoms with Crippen molar-refractivity contribution in [3.63, 3.8) is 0 Å². The third-order valence-electron chi connectivity index (χ3n) is 2.23. The van der Waals surface area contributed by atoms with E-state index in [0.717, 1.165) is 12.1 Å². The maximum Gasteiger partial charge on any atom is 0.194 e. The number of hydrogen-bond acceptors (Lipinski definition) is 2. The highest BCUT2D eigenvalue weighted by atomic mass is 19.2. The number of rotatable bonds is 4. The molecule has 0 fully saturated rings. The van der Waals surface area contributed by atoms with Crippen LogP contribution in [0.3, 0.4) is 0 Å². The fraction of sp³-hybridized carbons (Fsp3) is 0.455. The average molecular weight is 233 g/mol. The fourth-order valence-corrected chi connectivity index (χ4v) is 1.29. The van der Waals surface area contributed by atoms with E-state index in [1.54, 1.807) is 13.8 Å². The summed E-state index contributed by atoms with van der Waals surface area (Å²) in [4.78, 5) is 0. The van der Waals surface area contributed by atoms with Gasteiger partial charge in [-0.1, -0.05) is 0 Å². The number of aliphatic hydroxyl groups is 1. The lowest BCUT2D eigenvalue weighted by Crippen LogP contribution is -2.27. The second kappa shape index (κ2) is 5.32. The Hall–Kier alpha value is -1.07. The first-order chi connectivity index (χ1) is 7.41. The fourth-order valence-electron chi connectivity index (χ4n) is 1.29. The van der Waals surface area contributed by atoms with E-state index in [4.69, 9.17) is 5.11 Å². The lowest BCUT2D eigenvalue weighted by atomic mass is 10.1. The van der Waals surface area contributed by atoms with E-state index in [1.165, 1.54) is 0 Å². The Balaban J connectivity index is 2.80. The van der Waals surface area contributed by atoms with Crippen molar-refractivity contribution in [3.8, 4) is 0 Å². The second-order valence-corrected chi connectivity index (χ2v) is 3.78. The zero-order valence-electron chi connectivity index (χ0n) is 9.10. The van der Waals surface area contributed by atoms with E-state index in [9.17, 15) is 13.2 Å². The Bertz CT molecular complexity index is 345. The molecular formula is C11H14F3NO. The van der Waals surface area contributed by atoms with Crippen LogP contribution < -0.4 is 5.32 Å².